The normalized spacial score (nSPS) is 10.7. The fourth-order valence-electron chi connectivity index (χ4n) is 1.62. The molecule has 7 heteroatoms. The van der Waals surface area contributed by atoms with Gasteiger partial charge in [0.25, 0.3) is 0 Å². The number of benzene rings is 1. The molecule has 3 rings (SSSR count). The fraction of sp³-hybridized carbons (Fsp3) is 0. The highest BCUT2D eigenvalue weighted by molar-refractivity contribution is 7.08. The van der Waals surface area contributed by atoms with Crippen LogP contribution in [-0.4, -0.2) is 20.2 Å². The molecule has 0 radical (unpaired) electrons. The quantitative estimate of drug-likeness (QED) is 0.717. The lowest BCUT2D eigenvalue weighted by Gasteiger charge is -2.04. The Morgan fingerprint density at radius 1 is 1.28 bits per heavy atom. The second kappa shape index (κ2) is 4.19. The predicted molar refractivity (Wildman–Crippen MR) is 66.8 cm³/mol. The largest absolute Gasteiger partial charge is 0.399 e. The Morgan fingerprint density at radius 3 is 2.94 bits per heavy atom. The predicted octanol–water partition coefficient (Wildman–Crippen LogP) is 2.11. The van der Waals surface area contributed by atoms with Crippen LogP contribution in [0, 0.1) is 5.82 Å². The van der Waals surface area contributed by atoms with Crippen molar-refractivity contribution in [3.8, 4) is 17.1 Å². The average molecular weight is 261 g/mol. The lowest BCUT2D eigenvalue weighted by atomic mass is 10.2. The lowest BCUT2D eigenvalue weighted by Crippen LogP contribution is -2.00. The van der Waals surface area contributed by atoms with Gasteiger partial charge >= 0.3 is 0 Å². The highest BCUT2D eigenvalue weighted by Gasteiger charge is 2.15. The number of halogens is 1. The van der Waals surface area contributed by atoms with Crippen LogP contribution in [0.2, 0.25) is 0 Å². The molecule has 5 nitrogen and oxygen atoms in total. The number of nitrogens with two attached hydrogens (primary N) is 1. The van der Waals surface area contributed by atoms with Crippen LogP contribution >= 0.6 is 11.3 Å². The third-order valence-electron chi connectivity index (χ3n) is 2.45. The van der Waals surface area contributed by atoms with Crippen LogP contribution in [0.1, 0.15) is 0 Å². The standard InChI is InChI=1S/C11H8FN5S/c12-10-2-1-7(13)5-9(10)11-14-15-16-17(11)8-3-4-18-6-8/h1-6H,13H2. The zero-order chi connectivity index (χ0) is 12.5. The summed E-state index contributed by atoms with van der Waals surface area (Å²) in [4.78, 5) is 0. The molecular weight excluding hydrogens is 253 g/mol. The van der Waals surface area contributed by atoms with Crippen LogP contribution in [0.25, 0.3) is 17.1 Å². The molecule has 0 saturated heterocycles. The smallest absolute Gasteiger partial charge is 0.190 e. The molecule has 2 N–H and O–H groups in total. The summed E-state index contributed by atoms with van der Waals surface area (Å²) in [6.07, 6.45) is 0. The Balaban J connectivity index is 2.19. The van der Waals surface area contributed by atoms with E-state index in [9.17, 15) is 4.39 Å². The third kappa shape index (κ3) is 1.74. The molecule has 0 fully saturated rings. The number of hydrogen-bond donors (Lipinski definition) is 1. The number of hydrogen-bond acceptors (Lipinski definition) is 5. The summed E-state index contributed by atoms with van der Waals surface area (Å²) in [5, 5.41) is 15.1. The molecule has 2 heterocycles. The molecule has 0 aliphatic heterocycles. The Morgan fingerprint density at radius 2 is 2.17 bits per heavy atom. The van der Waals surface area contributed by atoms with E-state index in [1.807, 2.05) is 16.8 Å². The molecule has 0 atom stereocenters. The maximum Gasteiger partial charge on any atom is 0.190 e. The van der Waals surface area contributed by atoms with Gasteiger partial charge in [0.2, 0.25) is 0 Å². The summed E-state index contributed by atoms with van der Waals surface area (Å²) in [5.74, 6) is -0.0753. The molecule has 3 aromatic rings. The minimum atomic E-state index is -0.407. The van der Waals surface area contributed by atoms with Gasteiger partial charge in [-0.2, -0.15) is 16.0 Å². The Hall–Kier alpha value is -2.28. The van der Waals surface area contributed by atoms with Gasteiger partial charge in [0.1, 0.15) is 5.82 Å². The number of rotatable bonds is 2. The van der Waals surface area contributed by atoms with Crippen LogP contribution in [0.4, 0.5) is 10.1 Å². The first kappa shape index (κ1) is 10.8. The third-order valence-corrected chi connectivity index (χ3v) is 3.12. The van der Waals surface area contributed by atoms with Gasteiger partial charge in [-0.15, -0.1) is 5.10 Å². The van der Waals surface area contributed by atoms with E-state index < -0.39 is 5.82 Å². The Labute approximate surface area is 106 Å². The molecule has 0 bridgehead atoms. The second-order valence-corrected chi connectivity index (χ2v) is 4.42. The summed E-state index contributed by atoms with van der Waals surface area (Å²) < 4.78 is 15.3. The van der Waals surface area contributed by atoms with E-state index in [-0.39, 0.29) is 5.56 Å². The Kier molecular flexibility index (Phi) is 2.52. The first-order valence-corrected chi connectivity index (χ1v) is 6.06. The van der Waals surface area contributed by atoms with E-state index in [2.05, 4.69) is 15.5 Å². The van der Waals surface area contributed by atoms with Crippen molar-refractivity contribution in [1.82, 2.24) is 20.2 Å². The summed E-state index contributed by atoms with van der Waals surface area (Å²) in [7, 11) is 0. The molecule has 0 unspecified atom stereocenters. The highest BCUT2D eigenvalue weighted by Crippen LogP contribution is 2.25. The van der Waals surface area contributed by atoms with Crippen LogP contribution in [0.15, 0.2) is 35.0 Å². The van der Waals surface area contributed by atoms with E-state index in [0.717, 1.165) is 5.69 Å². The fourth-order valence-corrected chi connectivity index (χ4v) is 2.24. The topological polar surface area (TPSA) is 69.6 Å². The van der Waals surface area contributed by atoms with Crippen molar-refractivity contribution in [1.29, 1.82) is 0 Å². The van der Waals surface area contributed by atoms with Gasteiger partial charge in [0.15, 0.2) is 5.82 Å². The molecule has 18 heavy (non-hydrogen) atoms. The van der Waals surface area contributed by atoms with Crippen molar-refractivity contribution in [2.75, 3.05) is 5.73 Å². The van der Waals surface area contributed by atoms with Crippen LogP contribution in [0.3, 0.4) is 0 Å². The summed E-state index contributed by atoms with van der Waals surface area (Å²) >= 11 is 1.51. The van der Waals surface area contributed by atoms with E-state index in [1.165, 1.54) is 34.2 Å². The summed E-state index contributed by atoms with van der Waals surface area (Å²) in [5.41, 5.74) is 7.20. The number of aromatic nitrogens is 4. The van der Waals surface area contributed by atoms with Crippen LogP contribution < -0.4 is 5.73 Å². The molecule has 90 valence electrons. The van der Waals surface area contributed by atoms with Crippen LogP contribution in [0.5, 0.6) is 0 Å². The van der Waals surface area contributed by atoms with Gasteiger partial charge in [-0.25, -0.2) is 4.39 Å². The van der Waals surface area contributed by atoms with E-state index in [0.29, 0.717) is 11.5 Å². The summed E-state index contributed by atoms with van der Waals surface area (Å²) in [6, 6.07) is 6.17. The molecule has 1 aromatic carbocycles. The maximum absolute atomic E-state index is 13.8. The van der Waals surface area contributed by atoms with E-state index in [4.69, 9.17) is 5.73 Å². The molecular formula is C11H8FN5S. The SMILES string of the molecule is Nc1ccc(F)c(-c2nnnn2-c2ccsc2)c1. The maximum atomic E-state index is 13.8. The highest BCUT2D eigenvalue weighted by atomic mass is 32.1. The number of anilines is 1. The lowest BCUT2D eigenvalue weighted by molar-refractivity contribution is 0.629. The van der Waals surface area contributed by atoms with Gasteiger partial charge in [-0.05, 0) is 40.1 Å². The number of thiophene rings is 1. The van der Waals surface area contributed by atoms with Gasteiger partial charge in [0.05, 0.1) is 11.3 Å². The summed E-state index contributed by atoms with van der Waals surface area (Å²) in [6.45, 7) is 0. The van der Waals surface area contributed by atoms with Crippen molar-refractivity contribution in [2.45, 2.75) is 0 Å². The average Bonchev–Trinajstić information content (AvgIpc) is 3.00. The molecule has 2 aromatic heterocycles. The van der Waals surface area contributed by atoms with Gasteiger partial charge in [0, 0.05) is 11.1 Å². The minimum absolute atomic E-state index is 0.284. The minimum Gasteiger partial charge on any atom is -0.399 e. The van der Waals surface area contributed by atoms with Crippen molar-refractivity contribution in [3.63, 3.8) is 0 Å². The van der Waals surface area contributed by atoms with Crippen molar-refractivity contribution < 1.29 is 4.39 Å². The van der Waals surface area contributed by atoms with Crippen molar-refractivity contribution in [3.05, 3.63) is 40.8 Å². The molecule has 0 spiro atoms. The van der Waals surface area contributed by atoms with Gasteiger partial charge < -0.3 is 5.73 Å². The number of nitrogen functional groups attached to an aromatic ring is 1. The monoisotopic (exact) mass is 261 g/mol. The van der Waals surface area contributed by atoms with Crippen molar-refractivity contribution >= 4 is 17.0 Å². The van der Waals surface area contributed by atoms with Gasteiger partial charge in [-0.3, -0.25) is 0 Å². The number of tetrazole rings is 1. The van der Waals surface area contributed by atoms with Crippen molar-refractivity contribution in [2.24, 2.45) is 0 Å². The first-order valence-electron chi connectivity index (χ1n) is 5.12. The Bertz CT molecular complexity index is 677. The zero-order valence-corrected chi connectivity index (χ0v) is 9.93. The van der Waals surface area contributed by atoms with Crippen LogP contribution in [-0.2, 0) is 0 Å². The van der Waals surface area contributed by atoms with E-state index >= 15 is 0 Å². The van der Waals surface area contributed by atoms with E-state index in [1.54, 1.807) is 0 Å². The first-order chi connectivity index (χ1) is 8.75. The zero-order valence-electron chi connectivity index (χ0n) is 9.12. The molecule has 0 saturated carbocycles. The van der Waals surface area contributed by atoms with Gasteiger partial charge in [-0.1, -0.05) is 0 Å². The second-order valence-electron chi connectivity index (χ2n) is 3.64. The molecule has 0 aliphatic carbocycles. The molecule has 0 aliphatic rings. The number of nitrogens with zero attached hydrogens (tertiary/aromatic N) is 4. The molecule has 0 amide bonds.